The zero-order valence-corrected chi connectivity index (χ0v) is 15.5. The third-order valence-corrected chi connectivity index (χ3v) is 5.59. The van der Waals surface area contributed by atoms with Crippen LogP contribution in [0.25, 0.3) is 0 Å². The predicted molar refractivity (Wildman–Crippen MR) is 105 cm³/mol. The number of rotatable bonds is 5. The highest BCUT2D eigenvalue weighted by Gasteiger charge is 2.28. The standard InChI is InChI=1S/C22H19NO3S/c24-21(23-11-10-18-7-4-12-27-18)16-8-9-19-17(13-16)14-20(26-22(19)25)15-5-2-1-3-6-15/h1-9,12-13,20H,10-11,14H2,(H,23,24). The van der Waals surface area contributed by atoms with Crippen molar-refractivity contribution in [3.63, 3.8) is 0 Å². The summed E-state index contributed by atoms with van der Waals surface area (Å²) in [6, 6.07) is 18.9. The van der Waals surface area contributed by atoms with E-state index in [9.17, 15) is 9.59 Å². The summed E-state index contributed by atoms with van der Waals surface area (Å²) in [5, 5.41) is 4.98. The minimum atomic E-state index is -0.338. The van der Waals surface area contributed by atoms with Gasteiger partial charge in [0.25, 0.3) is 5.91 Å². The molecular formula is C22H19NO3S. The highest BCUT2D eigenvalue weighted by Crippen LogP contribution is 2.31. The fourth-order valence-electron chi connectivity index (χ4n) is 3.25. The minimum absolute atomic E-state index is 0.121. The average molecular weight is 377 g/mol. The molecule has 1 aliphatic heterocycles. The van der Waals surface area contributed by atoms with Crippen molar-refractivity contribution < 1.29 is 14.3 Å². The van der Waals surface area contributed by atoms with Crippen molar-refractivity contribution in [2.24, 2.45) is 0 Å². The van der Waals surface area contributed by atoms with Gasteiger partial charge in [-0.3, -0.25) is 4.79 Å². The second kappa shape index (κ2) is 7.76. The van der Waals surface area contributed by atoms with Crippen molar-refractivity contribution in [2.75, 3.05) is 6.54 Å². The summed E-state index contributed by atoms with van der Waals surface area (Å²) in [5.74, 6) is -0.459. The molecule has 5 heteroatoms. The highest BCUT2D eigenvalue weighted by molar-refractivity contribution is 7.09. The first kappa shape index (κ1) is 17.5. The molecule has 4 nitrogen and oxygen atoms in total. The van der Waals surface area contributed by atoms with E-state index < -0.39 is 0 Å². The molecule has 1 amide bonds. The number of carbonyl (C=O) groups is 2. The summed E-state index contributed by atoms with van der Waals surface area (Å²) in [5.41, 5.74) is 2.92. The molecule has 1 atom stereocenters. The van der Waals surface area contributed by atoms with Gasteiger partial charge in [0.2, 0.25) is 0 Å². The van der Waals surface area contributed by atoms with Crippen molar-refractivity contribution >= 4 is 23.2 Å². The molecule has 0 aliphatic carbocycles. The van der Waals surface area contributed by atoms with Crippen LogP contribution in [0, 0.1) is 0 Å². The zero-order chi connectivity index (χ0) is 18.6. The Morgan fingerprint density at radius 3 is 2.74 bits per heavy atom. The zero-order valence-electron chi connectivity index (χ0n) is 14.7. The molecule has 0 fully saturated rings. The Morgan fingerprint density at radius 2 is 1.96 bits per heavy atom. The molecule has 0 spiro atoms. The van der Waals surface area contributed by atoms with Gasteiger partial charge in [0.1, 0.15) is 6.10 Å². The summed E-state index contributed by atoms with van der Waals surface area (Å²) in [6.45, 7) is 0.588. The molecular weight excluding hydrogens is 358 g/mol. The van der Waals surface area contributed by atoms with Crippen molar-refractivity contribution in [2.45, 2.75) is 18.9 Å². The summed E-state index contributed by atoms with van der Waals surface area (Å²) >= 11 is 1.68. The van der Waals surface area contributed by atoms with Gasteiger partial charge in [0.15, 0.2) is 0 Å². The van der Waals surface area contributed by atoms with Crippen LogP contribution in [-0.2, 0) is 17.6 Å². The fourth-order valence-corrected chi connectivity index (χ4v) is 3.96. The number of fused-ring (bicyclic) bond motifs is 1. The van der Waals surface area contributed by atoms with Crippen LogP contribution in [-0.4, -0.2) is 18.4 Å². The number of hydrogen-bond acceptors (Lipinski definition) is 4. The van der Waals surface area contributed by atoms with Gasteiger partial charge in [-0.2, -0.15) is 0 Å². The van der Waals surface area contributed by atoms with Gasteiger partial charge in [-0.05, 0) is 47.2 Å². The second-order valence-electron chi connectivity index (χ2n) is 6.47. The molecule has 1 unspecified atom stereocenters. The Kier molecular flexibility index (Phi) is 5.03. The normalized spacial score (nSPS) is 15.7. The molecule has 1 N–H and O–H groups in total. The van der Waals surface area contributed by atoms with Crippen LogP contribution in [0.1, 0.15) is 42.8 Å². The summed E-state index contributed by atoms with van der Waals surface area (Å²) in [7, 11) is 0. The van der Waals surface area contributed by atoms with Gasteiger partial charge >= 0.3 is 5.97 Å². The van der Waals surface area contributed by atoms with Crippen molar-refractivity contribution in [1.29, 1.82) is 0 Å². The smallest absolute Gasteiger partial charge is 0.339 e. The molecule has 0 bridgehead atoms. The molecule has 1 aliphatic rings. The van der Waals surface area contributed by atoms with E-state index in [-0.39, 0.29) is 18.0 Å². The van der Waals surface area contributed by atoms with Gasteiger partial charge in [-0.1, -0.05) is 36.4 Å². The molecule has 0 saturated heterocycles. The topological polar surface area (TPSA) is 55.4 Å². The predicted octanol–water partition coefficient (Wildman–Crippen LogP) is 4.17. The Balaban J connectivity index is 1.47. The lowest BCUT2D eigenvalue weighted by Gasteiger charge is -2.25. The molecule has 3 aromatic rings. The number of benzene rings is 2. The van der Waals surface area contributed by atoms with Crippen LogP contribution in [0.15, 0.2) is 66.0 Å². The molecule has 0 saturated carbocycles. The second-order valence-corrected chi connectivity index (χ2v) is 7.50. The molecule has 4 rings (SSSR count). The summed E-state index contributed by atoms with van der Waals surface area (Å²) < 4.78 is 5.57. The quantitative estimate of drug-likeness (QED) is 0.679. The van der Waals surface area contributed by atoms with E-state index in [0.717, 1.165) is 17.5 Å². The largest absolute Gasteiger partial charge is 0.454 e. The number of cyclic esters (lactones) is 1. The van der Waals surface area contributed by atoms with E-state index in [4.69, 9.17) is 4.74 Å². The first-order valence-electron chi connectivity index (χ1n) is 8.90. The molecule has 1 aromatic heterocycles. The Labute approximate surface area is 161 Å². The van der Waals surface area contributed by atoms with E-state index in [0.29, 0.717) is 24.1 Å². The summed E-state index contributed by atoms with van der Waals surface area (Å²) in [6.07, 6.45) is 1.07. The van der Waals surface area contributed by atoms with Crippen LogP contribution in [0.3, 0.4) is 0 Å². The Morgan fingerprint density at radius 1 is 1.11 bits per heavy atom. The number of carbonyl (C=O) groups excluding carboxylic acids is 2. The average Bonchev–Trinajstić information content (AvgIpc) is 3.21. The van der Waals surface area contributed by atoms with E-state index >= 15 is 0 Å². The van der Waals surface area contributed by atoms with Crippen LogP contribution in [0.4, 0.5) is 0 Å². The van der Waals surface area contributed by atoms with Gasteiger partial charge < -0.3 is 10.1 Å². The lowest BCUT2D eigenvalue weighted by atomic mass is 9.93. The van der Waals surface area contributed by atoms with Crippen LogP contribution in [0.5, 0.6) is 0 Å². The Bertz CT molecular complexity index is 951. The SMILES string of the molecule is O=C(NCCc1cccs1)c1ccc2c(c1)CC(c1ccccc1)OC2=O. The lowest BCUT2D eigenvalue weighted by Crippen LogP contribution is -2.27. The van der Waals surface area contributed by atoms with Crippen LogP contribution in [0.2, 0.25) is 0 Å². The number of ether oxygens (including phenoxy) is 1. The first-order valence-corrected chi connectivity index (χ1v) is 9.78. The van der Waals surface area contributed by atoms with Gasteiger partial charge in [-0.15, -0.1) is 11.3 Å². The molecule has 27 heavy (non-hydrogen) atoms. The Hall–Kier alpha value is -2.92. The third-order valence-electron chi connectivity index (χ3n) is 4.65. The third kappa shape index (κ3) is 3.93. The van der Waals surface area contributed by atoms with E-state index in [1.807, 2.05) is 47.8 Å². The van der Waals surface area contributed by atoms with Crippen molar-refractivity contribution in [3.8, 4) is 0 Å². The summed E-state index contributed by atoms with van der Waals surface area (Å²) in [4.78, 5) is 26.0. The number of nitrogens with one attached hydrogen (secondary N) is 1. The van der Waals surface area contributed by atoms with Gasteiger partial charge in [0, 0.05) is 23.4 Å². The monoisotopic (exact) mass is 377 g/mol. The highest BCUT2D eigenvalue weighted by atomic mass is 32.1. The van der Waals surface area contributed by atoms with E-state index in [1.165, 1.54) is 4.88 Å². The maximum atomic E-state index is 12.5. The van der Waals surface area contributed by atoms with Crippen molar-refractivity contribution in [3.05, 3.63) is 93.2 Å². The molecule has 0 radical (unpaired) electrons. The molecule has 136 valence electrons. The van der Waals surface area contributed by atoms with Gasteiger partial charge in [-0.25, -0.2) is 4.79 Å². The van der Waals surface area contributed by atoms with Crippen LogP contribution < -0.4 is 5.32 Å². The minimum Gasteiger partial charge on any atom is -0.454 e. The number of amides is 1. The lowest BCUT2D eigenvalue weighted by molar-refractivity contribution is 0.0252. The maximum absolute atomic E-state index is 12.5. The van der Waals surface area contributed by atoms with Crippen molar-refractivity contribution in [1.82, 2.24) is 5.32 Å². The number of thiophene rings is 1. The number of hydrogen-bond donors (Lipinski definition) is 1. The van der Waals surface area contributed by atoms with E-state index in [2.05, 4.69) is 11.4 Å². The first-order chi connectivity index (χ1) is 13.2. The molecule has 2 aromatic carbocycles. The molecule has 2 heterocycles. The van der Waals surface area contributed by atoms with Gasteiger partial charge in [0.05, 0.1) is 5.56 Å². The van der Waals surface area contributed by atoms with E-state index in [1.54, 1.807) is 23.5 Å². The van der Waals surface area contributed by atoms with Crippen LogP contribution >= 0.6 is 11.3 Å². The fraction of sp³-hybridized carbons (Fsp3) is 0.182. The number of esters is 1. The maximum Gasteiger partial charge on any atom is 0.339 e.